The van der Waals surface area contributed by atoms with E-state index in [9.17, 15) is 9.59 Å². The van der Waals surface area contributed by atoms with Crippen LogP contribution >= 0.6 is 0 Å². The Balaban J connectivity index is 1.73. The third kappa shape index (κ3) is 4.20. The maximum atomic E-state index is 11.7. The van der Waals surface area contributed by atoms with Crippen LogP contribution in [0.25, 0.3) is 0 Å². The van der Waals surface area contributed by atoms with E-state index in [-0.39, 0.29) is 24.8 Å². The number of carbonyl (C=O) groups excluding carboxylic acids is 2. The van der Waals surface area contributed by atoms with Gasteiger partial charge >= 0.3 is 0 Å². The van der Waals surface area contributed by atoms with E-state index in [0.717, 1.165) is 0 Å². The van der Waals surface area contributed by atoms with Crippen LogP contribution in [0.15, 0.2) is 54.7 Å². The quantitative estimate of drug-likeness (QED) is 0.870. The van der Waals surface area contributed by atoms with Crippen molar-refractivity contribution in [1.82, 2.24) is 10.3 Å². The number of anilines is 1. The smallest absolute Gasteiger partial charge is 0.251 e. The van der Waals surface area contributed by atoms with Gasteiger partial charge in [-0.15, -0.1) is 0 Å². The zero-order chi connectivity index (χ0) is 14.2. The van der Waals surface area contributed by atoms with E-state index in [1.807, 2.05) is 6.07 Å². The zero-order valence-electron chi connectivity index (χ0n) is 10.9. The Hall–Kier alpha value is -2.69. The lowest BCUT2D eigenvalue weighted by molar-refractivity contribution is -0.116. The van der Waals surface area contributed by atoms with Crippen LogP contribution in [-0.2, 0) is 4.79 Å². The maximum absolute atomic E-state index is 11.7. The standard InChI is InChI=1S/C15H15N3O2/c19-14(18-13-8-4-5-10-16-13)9-11-17-15(20)12-6-2-1-3-7-12/h1-8,10H,9,11H2,(H,17,20)(H,16,18,19). The molecular weight excluding hydrogens is 254 g/mol. The van der Waals surface area contributed by atoms with Gasteiger partial charge in [0.1, 0.15) is 5.82 Å². The Kier molecular flexibility index (Phi) is 4.83. The number of rotatable bonds is 5. The molecule has 0 unspecified atom stereocenters. The van der Waals surface area contributed by atoms with Gasteiger partial charge in [0, 0.05) is 24.7 Å². The summed E-state index contributed by atoms with van der Waals surface area (Å²) in [5.74, 6) is 0.139. The number of carbonyl (C=O) groups is 2. The molecule has 102 valence electrons. The summed E-state index contributed by atoms with van der Waals surface area (Å²) in [6.45, 7) is 0.284. The molecule has 1 aromatic heterocycles. The minimum atomic E-state index is -0.184. The molecule has 2 rings (SSSR count). The van der Waals surface area contributed by atoms with Crippen molar-refractivity contribution in [3.63, 3.8) is 0 Å². The molecule has 0 aliphatic heterocycles. The molecule has 2 amide bonds. The van der Waals surface area contributed by atoms with Crippen molar-refractivity contribution in [3.8, 4) is 0 Å². The van der Waals surface area contributed by atoms with Crippen molar-refractivity contribution in [2.75, 3.05) is 11.9 Å². The molecule has 1 aromatic carbocycles. The van der Waals surface area contributed by atoms with E-state index >= 15 is 0 Å². The van der Waals surface area contributed by atoms with Crippen molar-refractivity contribution >= 4 is 17.6 Å². The first kappa shape index (κ1) is 13.7. The van der Waals surface area contributed by atoms with Crippen molar-refractivity contribution in [3.05, 3.63) is 60.3 Å². The zero-order valence-corrected chi connectivity index (χ0v) is 10.9. The second-order valence-corrected chi connectivity index (χ2v) is 4.14. The average Bonchev–Trinajstić information content (AvgIpc) is 2.49. The highest BCUT2D eigenvalue weighted by molar-refractivity contribution is 5.95. The molecule has 0 aliphatic rings. The number of hydrogen-bond acceptors (Lipinski definition) is 3. The van der Waals surface area contributed by atoms with Gasteiger partial charge in [0.25, 0.3) is 5.91 Å². The van der Waals surface area contributed by atoms with Gasteiger partial charge in [-0.05, 0) is 24.3 Å². The number of aromatic nitrogens is 1. The van der Waals surface area contributed by atoms with Crippen molar-refractivity contribution in [2.24, 2.45) is 0 Å². The van der Waals surface area contributed by atoms with Crippen LogP contribution in [0.1, 0.15) is 16.8 Å². The molecule has 5 heteroatoms. The van der Waals surface area contributed by atoms with Gasteiger partial charge in [-0.25, -0.2) is 4.98 Å². The molecule has 0 saturated carbocycles. The minimum Gasteiger partial charge on any atom is -0.352 e. The third-order valence-corrected chi connectivity index (χ3v) is 2.61. The normalized spacial score (nSPS) is 9.80. The van der Waals surface area contributed by atoms with E-state index in [1.165, 1.54) is 0 Å². The minimum absolute atomic E-state index is 0.183. The molecular formula is C15H15N3O2. The van der Waals surface area contributed by atoms with E-state index in [2.05, 4.69) is 15.6 Å². The first-order chi connectivity index (χ1) is 9.75. The fourth-order valence-electron chi connectivity index (χ4n) is 1.62. The van der Waals surface area contributed by atoms with Crippen LogP contribution in [0.4, 0.5) is 5.82 Å². The topological polar surface area (TPSA) is 71.1 Å². The van der Waals surface area contributed by atoms with Crippen LogP contribution in [0.3, 0.4) is 0 Å². The molecule has 0 bridgehead atoms. The lowest BCUT2D eigenvalue weighted by atomic mass is 10.2. The summed E-state index contributed by atoms with van der Waals surface area (Å²) in [6.07, 6.45) is 1.81. The van der Waals surface area contributed by atoms with Gasteiger partial charge in [0.15, 0.2) is 0 Å². The summed E-state index contributed by atoms with van der Waals surface area (Å²) >= 11 is 0. The number of hydrogen-bond donors (Lipinski definition) is 2. The van der Waals surface area contributed by atoms with E-state index in [1.54, 1.807) is 48.7 Å². The molecule has 0 atom stereocenters. The average molecular weight is 269 g/mol. The Morgan fingerprint density at radius 2 is 1.75 bits per heavy atom. The molecule has 20 heavy (non-hydrogen) atoms. The fraction of sp³-hybridized carbons (Fsp3) is 0.133. The van der Waals surface area contributed by atoms with Crippen LogP contribution in [0.2, 0.25) is 0 Å². The fourth-order valence-corrected chi connectivity index (χ4v) is 1.62. The van der Waals surface area contributed by atoms with Crippen LogP contribution in [0.5, 0.6) is 0 Å². The summed E-state index contributed by atoms with van der Waals surface area (Å²) in [4.78, 5) is 27.3. The molecule has 0 fully saturated rings. The Morgan fingerprint density at radius 1 is 1.00 bits per heavy atom. The number of benzene rings is 1. The van der Waals surface area contributed by atoms with E-state index in [0.29, 0.717) is 11.4 Å². The van der Waals surface area contributed by atoms with E-state index < -0.39 is 0 Å². The SMILES string of the molecule is O=C(CCNC(=O)c1ccccc1)Nc1ccccn1. The first-order valence-electron chi connectivity index (χ1n) is 6.30. The predicted octanol–water partition coefficient (Wildman–Crippen LogP) is 1.84. The largest absolute Gasteiger partial charge is 0.352 e. The Bertz CT molecular complexity index is 570. The second kappa shape index (κ2) is 7.04. The predicted molar refractivity (Wildman–Crippen MR) is 76.3 cm³/mol. The van der Waals surface area contributed by atoms with Gasteiger partial charge in [-0.3, -0.25) is 9.59 Å². The summed E-state index contributed by atoms with van der Waals surface area (Å²) in [6, 6.07) is 14.2. The highest BCUT2D eigenvalue weighted by Gasteiger charge is 2.06. The molecule has 2 aromatic rings. The van der Waals surface area contributed by atoms with Crippen molar-refractivity contribution in [2.45, 2.75) is 6.42 Å². The molecule has 2 N–H and O–H groups in total. The molecule has 0 aliphatic carbocycles. The summed E-state index contributed by atoms with van der Waals surface area (Å²) in [5, 5.41) is 5.35. The van der Waals surface area contributed by atoms with E-state index in [4.69, 9.17) is 0 Å². The number of pyridine rings is 1. The van der Waals surface area contributed by atoms with Crippen LogP contribution in [0, 0.1) is 0 Å². The summed E-state index contributed by atoms with van der Waals surface area (Å²) < 4.78 is 0. The number of nitrogens with zero attached hydrogens (tertiary/aromatic N) is 1. The van der Waals surface area contributed by atoms with Gasteiger partial charge in [0.05, 0.1) is 0 Å². The first-order valence-corrected chi connectivity index (χ1v) is 6.30. The summed E-state index contributed by atoms with van der Waals surface area (Å²) in [7, 11) is 0. The molecule has 5 nitrogen and oxygen atoms in total. The van der Waals surface area contributed by atoms with Gasteiger partial charge in [-0.2, -0.15) is 0 Å². The Morgan fingerprint density at radius 3 is 2.45 bits per heavy atom. The summed E-state index contributed by atoms with van der Waals surface area (Å²) in [5.41, 5.74) is 0.581. The molecule has 0 saturated heterocycles. The number of amides is 2. The van der Waals surface area contributed by atoms with Crippen LogP contribution in [-0.4, -0.2) is 23.3 Å². The highest BCUT2D eigenvalue weighted by Crippen LogP contribution is 2.01. The molecule has 0 radical (unpaired) electrons. The monoisotopic (exact) mass is 269 g/mol. The van der Waals surface area contributed by atoms with Crippen molar-refractivity contribution < 1.29 is 9.59 Å². The van der Waals surface area contributed by atoms with Gasteiger partial charge < -0.3 is 10.6 Å². The number of nitrogens with one attached hydrogen (secondary N) is 2. The molecule has 0 spiro atoms. The van der Waals surface area contributed by atoms with Crippen molar-refractivity contribution in [1.29, 1.82) is 0 Å². The third-order valence-electron chi connectivity index (χ3n) is 2.61. The molecule has 1 heterocycles. The van der Waals surface area contributed by atoms with Crippen LogP contribution < -0.4 is 10.6 Å². The maximum Gasteiger partial charge on any atom is 0.251 e. The lowest BCUT2D eigenvalue weighted by Gasteiger charge is -2.06. The van der Waals surface area contributed by atoms with Gasteiger partial charge in [-0.1, -0.05) is 24.3 Å². The van der Waals surface area contributed by atoms with Gasteiger partial charge in [0.2, 0.25) is 5.91 Å². The lowest BCUT2D eigenvalue weighted by Crippen LogP contribution is -2.27. The highest BCUT2D eigenvalue weighted by atomic mass is 16.2. The second-order valence-electron chi connectivity index (χ2n) is 4.14. The Labute approximate surface area is 117 Å².